The molecule has 2 rings (SSSR count). The Morgan fingerprint density at radius 2 is 2.56 bits per heavy atom. The van der Waals surface area contributed by atoms with Crippen LogP contribution in [0.5, 0.6) is 0 Å². The average Bonchev–Trinajstić information content (AvgIpc) is 2.67. The molecule has 2 N–H and O–H groups in total. The van der Waals surface area contributed by atoms with E-state index >= 15 is 0 Å². The largest absolute Gasteiger partial charge is 0.355 e. The number of hydrogen-bond acceptors (Lipinski definition) is 5. The number of aromatic nitrogens is 2. The first-order chi connectivity index (χ1) is 7.77. The summed E-state index contributed by atoms with van der Waals surface area (Å²) < 4.78 is 4.83. The minimum Gasteiger partial charge on any atom is -0.355 e. The van der Waals surface area contributed by atoms with Crippen molar-refractivity contribution < 1.29 is 9.32 Å². The van der Waals surface area contributed by atoms with Gasteiger partial charge in [0.15, 0.2) is 6.33 Å². The van der Waals surface area contributed by atoms with E-state index < -0.39 is 0 Å². The Hall–Kier alpha value is -1.43. The summed E-state index contributed by atoms with van der Waals surface area (Å²) in [7, 11) is 0. The van der Waals surface area contributed by atoms with Gasteiger partial charge in [-0.05, 0) is 19.0 Å². The summed E-state index contributed by atoms with van der Waals surface area (Å²) in [5, 5.41) is 9.54. The van der Waals surface area contributed by atoms with E-state index in [0.717, 1.165) is 13.1 Å². The van der Waals surface area contributed by atoms with Crippen LogP contribution in [0.3, 0.4) is 0 Å². The molecule has 1 aliphatic heterocycles. The molecule has 2 heterocycles. The quantitative estimate of drug-likeness (QED) is 0.710. The van der Waals surface area contributed by atoms with E-state index in [1.807, 2.05) is 6.92 Å². The van der Waals surface area contributed by atoms with Crippen molar-refractivity contribution in [2.75, 3.05) is 19.6 Å². The zero-order valence-corrected chi connectivity index (χ0v) is 9.27. The van der Waals surface area contributed by atoms with Crippen molar-refractivity contribution in [1.29, 1.82) is 0 Å². The third-order valence-corrected chi connectivity index (χ3v) is 2.98. The number of nitrogens with one attached hydrogen (secondary N) is 2. The lowest BCUT2D eigenvalue weighted by atomic mass is 9.88. The van der Waals surface area contributed by atoms with Gasteiger partial charge in [0.05, 0.1) is 0 Å². The van der Waals surface area contributed by atoms with Gasteiger partial charge in [-0.15, -0.1) is 0 Å². The Morgan fingerprint density at radius 3 is 3.12 bits per heavy atom. The molecule has 1 unspecified atom stereocenters. The predicted octanol–water partition coefficient (Wildman–Crippen LogP) is -0.416. The fraction of sp³-hybridized carbons (Fsp3) is 0.700. The van der Waals surface area contributed by atoms with E-state index in [9.17, 15) is 4.79 Å². The minimum absolute atomic E-state index is 0.0731. The zero-order chi connectivity index (χ0) is 11.4. The smallest absolute Gasteiger partial charge is 0.228 e. The Kier molecular flexibility index (Phi) is 3.51. The summed E-state index contributed by atoms with van der Waals surface area (Å²) in [6.07, 6.45) is 1.95. The molecule has 6 heteroatoms. The molecular formula is C10H16N4O2. The number of nitrogens with zero attached hydrogens (tertiary/aromatic N) is 2. The van der Waals surface area contributed by atoms with E-state index in [0.29, 0.717) is 24.8 Å². The fourth-order valence-electron chi connectivity index (χ4n) is 1.64. The Labute approximate surface area is 93.8 Å². The molecule has 16 heavy (non-hydrogen) atoms. The molecule has 1 saturated heterocycles. The van der Waals surface area contributed by atoms with Crippen LogP contribution in [0.25, 0.3) is 0 Å². The summed E-state index contributed by atoms with van der Waals surface area (Å²) in [6, 6.07) is 0. The number of carbonyl (C=O) groups is 1. The highest BCUT2D eigenvalue weighted by Crippen LogP contribution is 2.15. The van der Waals surface area contributed by atoms with E-state index in [1.54, 1.807) is 0 Å². The van der Waals surface area contributed by atoms with Crippen LogP contribution in [0, 0.1) is 11.8 Å². The van der Waals surface area contributed by atoms with Gasteiger partial charge in [0.25, 0.3) is 0 Å². The Balaban J connectivity index is 1.67. The lowest BCUT2D eigenvalue weighted by Crippen LogP contribution is -2.49. The molecule has 1 aromatic rings. The van der Waals surface area contributed by atoms with Gasteiger partial charge in [0.2, 0.25) is 11.8 Å². The van der Waals surface area contributed by atoms with Gasteiger partial charge in [-0.1, -0.05) is 12.1 Å². The third kappa shape index (κ3) is 2.57. The normalized spacial score (nSPS) is 17.8. The summed E-state index contributed by atoms with van der Waals surface area (Å²) in [6.45, 7) is 4.40. The van der Waals surface area contributed by atoms with E-state index in [-0.39, 0.29) is 11.8 Å². The average molecular weight is 224 g/mol. The highest BCUT2D eigenvalue weighted by atomic mass is 16.5. The van der Waals surface area contributed by atoms with Crippen LogP contribution in [0.2, 0.25) is 0 Å². The summed E-state index contributed by atoms with van der Waals surface area (Å²) in [5.41, 5.74) is 0. The second-order valence-electron chi connectivity index (χ2n) is 4.08. The molecule has 0 spiro atoms. The fourth-order valence-corrected chi connectivity index (χ4v) is 1.64. The van der Waals surface area contributed by atoms with Crippen molar-refractivity contribution in [3.05, 3.63) is 12.2 Å². The van der Waals surface area contributed by atoms with E-state index in [4.69, 9.17) is 4.52 Å². The Bertz CT molecular complexity index is 335. The molecule has 88 valence electrons. The van der Waals surface area contributed by atoms with Crippen molar-refractivity contribution in [3.8, 4) is 0 Å². The second-order valence-corrected chi connectivity index (χ2v) is 4.08. The van der Waals surface area contributed by atoms with Gasteiger partial charge in [0.1, 0.15) is 0 Å². The molecule has 1 aromatic heterocycles. The molecular weight excluding hydrogens is 208 g/mol. The molecule has 0 aliphatic carbocycles. The van der Waals surface area contributed by atoms with Crippen molar-refractivity contribution >= 4 is 5.91 Å². The molecule has 1 amide bonds. The SMILES string of the molecule is CC(C(=O)NCCc1ncno1)C1CNC1. The minimum atomic E-state index is 0.0731. The maximum Gasteiger partial charge on any atom is 0.228 e. The van der Waals surface area contributed by atoms with Crippen LogP contribution < -0.4 is 10.6 Å². The summed E-state index contributed by atoms with van der Waals surface area (Å²) in [5.74, 6) is 1.21. The topological polar surface area (TPSA) is 80.1 Å². The van der Waals surface area contributed by atoms with E-state index in [2.05, 4.69) is 20.8 Å². The van der Waals surface area contributed by atoms with Gasteiger partial charge in [-0.2, -0.15) is 4.98 Å². The van der Waals surface area contributed by atoms with Crippen LogP contribution in [0.4, 0.5) is 0 Å². The highest BCUT2D eigenvalue weighted by Gasteiger charge is 2.28. The molecule has 1 atom stereocenters. The molecule has 0 radical (unpaired) electrons. The number of amides is 1. The van der Waals surface area contributed by atoms with Crippen molar-refractivity contribution in [1.82, 2.24) is 20.8 Å². The van der Waals surface area contributed by atoms with Gasteiger partial charge < -0.3 is 15.2 Å². The first-order valence-electron chi connectivity index (χ1n) is 5.51. The lowest BCUT2D eigenvalue weighted by molar-refractivity contribution is -0.126. The number of hydrogen-bond donors (Lipinski definition) is 2. The lowest BCUT2D eigenvalue weighted by Gasteiger charge is -2.31. The van der Waals surface area contributed by atoms with Crippen LogP contribution in [-0.2, 0) is 11.2 Å². The van der Waals surface area contributed by atoms with Crippen LogP contribution in [0.1, 0.15) is 12.8 Å². The van der Waals surface area contributed by atoms with Crippen molar-refractivity contribution in [3.63, 3.8) is 0 Å². The molecule has 0 saturated carbocycles. The summed E-state index contributed by atoms with van der Waals surface area (Å²) in [4.78, 5) is 15.6. The number of carbonyl (C=O) groups excluding carboxylic acids is 1. The molecule has 1 fully saturated rings. The highest BCUT2D eigenvalue weighted by molar-refractivity contribution is 5.78. The second kappa shape index (κ2) is 5.07. The van der Waals surface area contributed by atoms with Gasteiger partial charge in [-0.3, -0.25) is 4.79 Å². The zero-order valence-electron chi connectivity index (χ0n) is 9.27. The predicted molar refractivity (Wildman–Crippen MR) is 56.5 cm³/mol. The molecule has 6 nitrogen and oxygen atoms in total. The van der Waals surface area contributed by atoms with Crippen molar-refractivity contribution in [2.24, 2.45) is 11.8 Å². The van der Waals surface area contributed by atoms with Crippen LogP contribution in [0.15, 0.2) is 10.9 Å². The Morgan fingerprint density at radius 1 is 1.75 bits per heavy atom. The van der Waals surface area contributed by atoms with Crippen LogP contribution >= 0.6 is 0 Å². The van der Waals surface area contributed by atoms with Crippen LogP contribution in [-0.4, -0.2) is 35.7 Å². The van der Waals surface area contributed by atoms with Gasteiger partial charge >= 0.3 is 0 Å². The molecule has 0 bridgehead atoms. The third-order valence-electron chi connectivity index (χ3n) is 2.98. The molecule has 1 aliphatic rings. The standard InChI is InChI=1S/C10H16N4O2/c1-7(8-4-11-5-8)10(15)12-3-2-9-13-6-14-16-9/h6-8,11H,2-5H2,1H3,(H,12,15). The maximum atomic E-state index is 11.7. The summed E-state index contributed by atoms with van der Waals surface area (Å²) >= 11 is 0. The van der Waals surface area contributed by atoms with E-state index in [1.165, 1.54) is 6.33 Å². The maximum absolute atomic E-state index is 11.7. The first kappa shape index (κ1) is 11.1. The van der Waals surface area contributed by atoms with Gasteiger partial charge in [0, 0.05) is 18.9 Å². The monoisotopic (exact) mass is 224 g/mol. The van der Waals surface area contributed by atoms with Crippen molar-refractivity contribution in [2.45, 2.75) is 13.3 Å². The first-order valence-corrected chi connectivity index (χ1v) is 5.51. The van der Waals surface area contributed by atoms with Gasteiger partial charge in [-0.25, -0.2) is 0 Å². The molecule has 0 aromatic carbocycles. The number of rotatable bonds is 5.